The van der Waals surface area contributed by atoms with E-state index in [1.807, 2.05) is 6.08 Å². The van der Waals surface area contributed by atoms with Gasteiger partial charge in [-0.15, -0.1) is 0 Å². The lowest BCUT2D eigenvalue weighted by Crippen LogP contribution is -2.08. The van der Waals surface area contributed by atoms with Gasteiger partial charge in [-0.25, -0.2) is 0 Å². The van der Waals surface area contributed by atoms with Crippen LogP contribution in [0.4, 0.5) is 0 Å². The summed E-state index contributed by atoms with van der Waals surface area (Å²) in [6, 6.07) is 0. The highest BCUT2D eigenvalue weighted by molar-refractivity contribution is 4.99. The number of ether oxygens (including phenoxy) is 2. The van der Waals surface area contributed by atoms with Gasteiger partial charge >= 0.3 is 0 Å². The minimum absolute atomic E-state index is 0.0413. The van der Waals surface area contributed by atoms with Crippen molar-refractivity contribution in [2.24, 2.45) is 5.92 Å². The molecule has 0 radical (unpaired) electrons. The first kappa shape index (κ1) is 10.5. The highest BCUT2D eigenvalue weighted by Gasteiger charge is 2.15. The average molecular weight is 182 g/mol. The van der Waals surface area contributed by atoms with Crippen molar-refractivity contribution in [1.29, 1.82) is 0 Å². The average Bonchev–Trinajstić information content (AvgIpc) is 2.64. The van der Waals surface area contributed by atoms with Gasteiger partial charge in [-0.3, -0.25) is 0 Å². The maximum absolute atomic E-state index is 5.34. The third-order valence-electron chi connectivity index (χ3n) is 2.12. The summed E-state index contributed by atoms with van der Waals surface area (Å²) in [4.78, 5) is 0. The summed E-state index contributed by atoms with van der Waals surface area (Å²) >= 11 is 0. The van der Waals surface area contributed by atoms with Gasteiger partial charge in [0, 0.05) is 0 Å². The van der Waals surface area contributed by atoms with Crippen LogP contribution in [0.2, 0.25) is 0 Å². The van der Waals surface area contributed by atoms with Crippen molar-refractivity contribution >= 4 is 0 Å². The largest absolute Gasteiger partial charge is 0.350 e. The molecule has 0 bridgehead atoms. The summed E-state index contributed by atoms with van der Waals surface area (Å²) in [5.41, 5.74) is 0. The second-order valence-corrected chi connectivity index (χ2v) is 3.35. The van der Waals surface area contributed by atoms with Crippen LogP contribution in [-0.4, -0.2) is 19.5 Å². The minimum atomic E-state index is 0.0413. The van der Waals surface area contributed by atoms with Gasteiger partial charge in [-0.05, 0) is 18.8 Å². The third-order valence-corrected chi connectivity index (χ3v) is 2.12. The Morgan fingerprint density at radius 3 is 2.77 bits per heavy atom. The fourth-order valence-electron chi connectivity index (χ4n) is 1.34. The fourth-order valence-corrected chi connectivity index (χ4v) is 1.34. The number of rotatable bonds is 5. The van der Waals surface area contributed by atoms with Crippen molar-refractivity contribution in [2.75, 3.05) is 13.2 Å². The summed E-state index contributed by atoms with van der Waals surface area (Å²) in [6.45, 7) is 7.33. The van der Waals surface area contributed by atoms with Gasteiger partial charge in [0.2, 0.25) is 0 Å². The minimum Gasteiger partial charge on any atom is -0.350 e. The van der Waals surface area contributed by atoms with Crippen LogP contribution in [0.5, 0.6) is 0 Å². The highest BCUT2D eigenvalue weighted by Crippen LogP contribution is 2.15. The lowest BCUT2D eigenvalue weighted by atomic mass is 10.1. The van der Waals surface area contributed by atoms with Crippen LogP contribution in [0.25, 0.3) is 0 Å². The molecular formula is C11H18O2. The Bertz CT molecular complexity index is 169. The zero-order valence-electron chi connectivity index (χ0n) is 8.24. The molecule has 1 heterocycles. The smallest absolute Gasteiger partial charge is 0.157 e. The van der Waals surface area contributed by atoms with Crippen molar-refractivity contribution in [3.05, 3.63) is 24.8 Å². The van der Waals surface area contributed by atoms with Crippen molar-refractivity contribution in [3.8, 4) is 0 Å². The van der Waals surface area contributed by atoms with Gasteiger partial charge in [-0.2, -0.15) is 0 Å². The molecule has 1 rings (SSSR count). The lowest BCUT2D eigenvalue weighted by Gasteiger charge is -2.10. The standard InChI is InChI=1S/C11H18O2/c1-3-4-5-10(2)6-7-11-12-8-9-13-11/h3-5,10-11H,1,6-9H2,2H3/b5-4+/t10-/m0/s1. The third kappa shape index (κ3) is 4.25. The molecule has 0 unspecified atom stereocenters. The van der Waals surface area contributed by atoms with E-state index in [-0.39, 0.29) is 6.29 Å². The van der Waals surface area contributed by atoms with Crippen LogP contribution in [0.15, 0.2) is 24.8 Å². The first-order valence-electron chi connectivity index (χ1n) is 4.85. The maximum atomic E-state index is 5.34. The molecule has 13 heavy (non-hydrogen) atoms. The second-order valence-electron chi connectivity index (χ2n) is 3.35. The summed E-state index contributed by atoms with van der Waals surface area (Å²) in [5.74, 6) is 0.575. The zero-order chi connectivity index (χ0) is 9.52. The predicted molar refractivity (Wildman–Crippen MR) is 53.4 cm³/mol. The molecule has 0 aromatic rings. The zero-order valence-corrected chi connectivity index (χ0v) is 8.24. The topological polar surface area (TPSA) is 18.5 Å². The number of allylic oxidation sites excluding steroid dienone is 3. The highest BCUT2D eigenvalue weighted by atomic mass is 16.7. The van der Waals surface area contributed by atoms with Crippen molar-refractivity contribution in [3.63, 3.8) is 0 Å². The Balaban J connectivity index is 2.09. The van der Waals surface area contributed by atoms with Crippen LogP contribution < -0.4 is 0 Å². The quantitative estimate of drug-likeness (QED) is 0.608. The molecule has 0 aromatic carbocycles. The van der Waals surface area contributed by atoms with Crippen LogP contribution in [0, 0.1) is 5.92 Å². The van der Waals surface area contributed by atoms with Gasteiger partial charge in [0.15, 0.2) is 6.29 Å². The van der Waals surface area contributed by atoms with E-state index in [1.54, 1.807) is 6.08 Å². The second kappa shape index (κ2) is 5.95. The molecule has 2 heteroatoms. The summed E-state index contributed by atoms with van der Waals surface area (Å²) < 4.78 is 10.7. The summed E-state index contributed by atoms with van der Waals surface area (Å²) in [5, 5.41) is 0. The Hall–Kier alpha value is -0.600. The maximum Gasteiger partial charge on any atom is 0.157 e. The fraction of sp³-hybridized carbons (Fsp3) is 0.636. The molecule has 1 fully saturated rings. The van der Waals surface area contributed by atoms with E-state index >= 15 is 0 Å². The Morgan fingerprint density at radius 2 is 2.15 bits per heavy atom. The van der Waals surface area contributed by atoms with E-state index in [4.69, 9.17) is 9.47 Å². The monoisotopic (exact) mass is 182 g/mol. The molecule has 1 saturated heterocycles. The lowest BCUT2D eigenvalue weighted by molar-refractivity contribution is -0.0490. The van der Waals surface area contributed by atoms with E-state index in [1.165, 1.54) is 0 Å². The normalized spacial score (nSPS) is 21.0. The first-order chi connectivity index (χ1) is 6.33. The van der Waals surface area contributed by atoms with Gasteiger partial charge < -0.3 is 9.47 Å². The molecule has 0 N–H and O–H groups in total. The van der Waals surface area contributed by atoms with Gasteiger partial charge in [0.05, 0.1) is 13.2 Å². The molecule has 1 atom stereocenters. The Kier molecular flexibility index (Phi) is 4.79. The van der Waals surface area contributed by atoms with E-state index in [0.29, 0.717) is 5.92 Å². The molecule has 1 aliphatic rings. The van der Waals surface area contributed by atoms with Crippen LogP contribution in [0.3, 0.4) is 0 Å². The SMILES string of the molecule is C=C/C=C/[C@H](C)CCC1OCCO1. The molecule has 0 amide bonds. The molecule has 0 aliphatic carbocycles. The van der Waals surface area contributed by atoms with Gasteiger partial charge in [-0.1, -0.05) is 31.7 Å². The Morgan fingerprint density at radius 1 is 1.46 bits per heavy atom. The predicted octanol–water partition coefficient (Wildman–Crippen LogP) is 2.52. The van der Waals surface area contributed by atoms with Crippen molar-refractivity contribution < 1.29 is 9.47 Å². The molecule has 1 aliphatic heterocycles. The number of hydrogen-bond acceptors (Lipinski definition) is 2. The first-order valence-corrected chi connectivity index (χ1v) is 4.85. The van der Waals surface area contributed by atoms with Crippen LogP contribution >= 0.6 is 0 Å². The van der Waals surface area contributed by atoms with E-state index in [2.05, 4.69) is 19.6 Å². The van der Waals surface area contributed by atoms with E-state index in [9.17, 15) is 0 Å². The van der Waals surface area contributed by atoms with Crippen molar-refractivity contribution in [2.45, 2.75) is 26.1 Å². The Labute approximate surface area is 80.2 Å². The van der Waals surface area contributed by atoms with Crippen molar-refractivity contribution in [1.82, 2.24) is 0 Å². The number of hydrogen-bond donors (Lipinski definition) is 0. The van der Waals surface area contributed by atoms with Crippen LogP contribution in [0.1, 0.15) is 19.8 Å². The van der Waals surface area contributed by atoms with Gasteiger partial charge in [0.1, 0.15) is 0 Å². The molecule has 2 nitrogen and oxygen atoms in total. The van der Waals surface area contributed by atoms with E-state index < -0.39 is 0 Å². The molecular weight excluding hydrogens is 164 g/mol. The summed E-state index contributed by atoms with van der Waals surface area (Å²) in [7, 11) is 0. The summed E-state index contributed by atoms with van der Waals surface area (Å²) in [6.07, 6.45) is 8.08. The van der Waals surface area contributed by atoms with Gasteiger partial charge in [0.25, 0.3) is 0 Å². The van der Waals surface area contributed by atoms with Crippen LogP contribution in [-0.2, 0) is 9.47 Å². The molecule has 74 valence electrons. The van der Waals surface area contributed by atoms with E-state index in [0.717, 1.165) is 26.1 Å². The molecule has 0 spiro atoms. The molecule has 0 saturated carbocycles. The molecule has 0 aromatic heterocycles.